The molecule has 22 heavy (non-hydrogen) atoms. The number of thiazole rings is 1. The molecule has 0 aromatic carbocycles. The number of rotatable bonds is 2. The molecule has 3 rings (SSSR count). The zero-order chi connectivity index (χ0) is 15.9. The first-order valence-corrected chi connectivity index (χ1v) is 8.95. The van der Waals surface area contributed by atoms with Crippen molar-refractivity contribution in [2.24, 2.45) is 0 Å². The van der Waals surface area contributed by atoms with Gasteiger partial charge in [0.05, 0.1) is 22.8 Å². The van der Waals surface area contributed by atoms with E-state index < -0.39 is 16.0 Å². The molecular formula is C13H15FN4O2S2. The Balaban J connectivity index is 1.86. The van der Waals surface area contributed by atoms with Crippen molar-refractivity contribution in [2.75, 3.05) is 7.05 Å². The molecule has 0 spiro atoms. The lowest BCUT2D eigenvalue weighted by atomic mass is 10.1. The minimum Gasteiger partial charge on any atom is -0.252 e. The SMILES string of the molecule is C[C@H]1C[C@@H](c2ncc(-c3ccc(F)cn3)s2)NS(=O)(=O)N1C. The highest BCUT2D eigenvalue weighted by atomic mass is 32.2. The van der Waals surface area contributed by atoms with Gasteiger partial charge in [0, 0.05) is 19.3 Å². The highest BCUT2D eigenvalue weighted by Crippen LogP contribution is 2.33. The molecule has 1 aliphatic rings. The Morgan fingerprint density at radius 2 is 2.14 bits per heavy atom. The van der Waals surface area contributed by atoms with Gasteiger partial charge in [-0.25, -0.2) is 9.37 Å². The van der Waals surface area contributed by atoms with Gasteiger partial charge in [0.2, 0.25) is 0 Å². The van der Waals surface area contributed by atoms with Crippen LogP contribution in [0.2, 0.25) is 0 Å². The van der Waals surface area contributed by atoms with E-state index in [2.05, 4.69) is 14.7 Å². The Hall–Kier alpha value is -1.42. The number of nitrogens with zero attached hydrogens (tertiary/aromatic N) is 3. The van der Waals surface area contributed by atoms with Crippen molar-refractivity contribution in [1.29, 1.82) is 0 Å². The first-order valence-electron chi connectivity index (χ1n) is 6.70. The summed E-state index contributed by atoms with van der Waals surface area (Å²) in [6, 6.07) is 2.46. The Morgan fingerprint density at radius 1 is 1.36 bits per heavy atom. The third-order valence-corrected chi connectivity index (χ3v) is 6.50. The third-order valence-electron chi connectivity index (χ3n) is 3.67. The molecule has 1 saturated heterocycles. The van der Waals surface area contributed by atoms with E-state index >= 15 is 0 Å². The Labute approximate surface area is 132 Å². The topological polar surface area (TPSA) is 75.2 Å². The van der Waals surface area contributed by atoms with Crippen LogP contribution in [-0.4, -0.2) is 35.8 Å². The third kappa shape index (κ3) is 2.89. The maximum atomic E-state index is 12.9. The van der Waals surface area contributed by atoms with Gasteiger partial charge in [-0.3, -0.25) is 4.98 Å². The molecule has 0 saturated carbocycles. The van der Waals surface area contributed by atoms with Gasteiger partial charge in [-0.2, -0.15) is 17.4 Å². The predicted octanol–water partition coefficient (Wildman–Crippen LogP) is 1.94. The van der Waals surface area contributed by atoms with Crippen molar-refractivity contribution >= 4 is 21.5 Å². The van der Waals surface area contributed by atoms with Crippen molar-refractivity contribution in [1.82, 2.24) is 19.0 Å². The summed E-state index contributed by atoms with van der Waals surface area (Å²) >= 11 is 1.36. The van der Waals surface area contributed by atoms with Crippen LogP contribution in [-0.2, 0) is 10.2 Å². The Morgan fingerprint density at radius 3 is 2.77 bits per heavy atom. The summed E-state index contributed by atoms with van der Waals surface area (Å²) in [6.45, 7) is 1.86. The van der Waals surface area contributed by atoms with E-state index in [1.54, 1.807) is 19.3 Å². The van der Waals surface area contributed by atoms with E-state index in [9.17, 15) is 12.8 Å². The second-order valence-electron chi connectivity index (χ2n) is 5.20. The summed E-state index contributed by atoms with van der Waals surface area (Å²) in [5.74, 6) is -0.398. The zero-order valence-electron chi connectivity index (χ0n) is 12.0. The molecule has 118 valence electrons. The lowest BCUT2D eigenvalue weighted by Crippen LogP contribution is -2.50. The predicted molar refractivity (Wildman–Crippen MR) is 81.9 cm³/mol. The molecule has 2 aromatic rings. The van der Waals surface area contributed by atoms with Crippen molar-refractivity contribution in [3.8, 4) is 10.6 Å². The molecule has 0 aliphatic carbocycles. The average molecular weight is 342 g/mol. The molecule has 6 nitrogen and oxygen atoms in total. The molecule has 1 fully saturated rings. The normalized spacial score (nSPS) is 25.2. The Kier molecular flexibility index (Phi) is 3.98. The lowest BCUT2D eigenvalue weighted by molar-refractivity contribution is 0.304. The molecule has 0 amide bonds. The van der Waals surface area contributed by atoms with Gasteiger partial charge in [0.25, 0.3) is 10.2 Å². The van der Waals surface area contributed by atoms with Gasteiger partial charge in [0.15, 0.2) is 0 Å². The van der Waals surface area contributed by atoms with Gasteiger partial charge >= 0.3 is 0 Å². The fourth-order valence-electron chi connectivity index (χ4n) is 2.28. The van der Waals surface area contributed by atoms with Crippen LogP contribution in [0.4, 0.5) is 4.39 Å². The number of hydrogen-bond acceptors (Lipinski definition) is 5. The first kappa shape index (κ1) is 15.5. The zero-order valence-corrected chi connectivity index (χ0v) is 13.7. The number of hydrogen-bond donors (Lipinski definition) is 1. The second kappa shape index (κ2) is 5.65. The van der Waals surface area contributed by atoms with Crippen LogP contribution >= 0.6 is 11.3 Å². The van der Waals surface area contributed by atoms with Crippen molar-refractivity contribution in [3.05, 3.63) is 35.4 Å². The van der Waals surface area contributed by atoms with Crippen molar-refractivity contribution in [3.63, 3.8) is 0 Å². The van der Waals surface area contributed by atoms with Gasteiger partial charge in [-0.05, 0) is 25.5 Å². The summed E-state index contributed by atoms with van der Waals surface area (Å²) in [6.07, 6.45) is 3.42. The largest absolute Gasteiger partial charge is 0.280 e. The molecule has 0 bridgehead atoms. The van der Waals surface area contributed by atoms with Crippen LogP contribution in [0.25, 0.3) is 10.6 Å². The fraction of sp³-hybridized carbons (Fsp3) is 0.385. The van der Waals surface area contributed by atoms with Crippen molar-refractivity contribution in [2.45, 2.75) is 25.4 Å². The number of pyridine rings is 1. The summed E-state index contributed by atoms with van der Waals surface area (Å²) in [5.41, 5.74) is 0.619. The van der Waals surface area contributed by atoms with Crippen LogP contribution in [0.5, 0.6) is 0 Å². The van der Waals surface area contributed by atoms with Gasteiger partial charge < -0.3 is 0 Å². The molecule has 3 heterocycles. The van der Waals surface area contributed by atoms with E-state index in [0.29, 0.717) is 17.1 Å². The van der Waals surface area contributed by atoms with E-state index in [4.69, 9.17) is 0 Å². The van der Waals surface area contributed by atoms with Gasteiger partial charge in [-0.1, -0.05) is 0 Å². The molecule has 2 aromatic heterocycles. The lowest BCUT2D eigenvalue weighted by Gasteiger charge is -2.34. The molecule has 9 heteroatoms. The first-order chi connectivity index (χ1) is 10.4. The maximum Gasteiger partial charge on any atom is 0.280 e. The molecule has 1 aliphatic heterocycles. The minimum absolute atomic E-state index is 0.104. The van der Waals surface area contributed by atoms with Crippen molar-refractivity contribution < 1.29 is 12.8 Å². The standard InChI is InChI=1S/C13H15FN4O2S2/c1-8-5-11(17-22(19,20)18(8)2)13-16-7-12(21-13)10-4-3-9(14)6-15-10/h3-4,6-8,11,17H,5H2,1-2H3/t8-,11-/m0/s1. The minimum atomic E-state index is -3.48. The monoisotopic (exact) mass is 342 g/mol. The van der Waals surface area contributed by atoms with Crippen LogP contribution in [0.1, 0.15) is 24.4 Å². The van der Waals surface area contributed by atoms with Crippen LogP contribution in [0.15, 0.2) is 24.5 Å². The maximum absolute atomic E-state index is 12.9. The smallest absolute Gasteiger partial charge is 0.252 e. The Bertz CT molecular complexity index is 776. The van der Waals surface area contributed by atoms with Crippen LogP contribution < -0.4 is 4.72 Å². The summed E-state index contributed by atoms with van der Waals surface area (Å²) in [5, 5.41) is 0.685. The average Bonchev–Trinajstić information content (AvgIpc) is 2.95. The highest BCUT2D eigenvalue weighted by Gasteiger charge is 2.35. The molecule has 1 N–H and O–H groups in total. The second-order valence-corrected chi connectivity index (χ2v) is 8.02. The molecule has 2 atom stereocenters. The molecule has 0 radical (unpaired) electrons. The van der Waals surface area contributed by atoms with Crippen LogP contribution in [0.3, 0.4) is 0 Å². The molecular weight excluding hydrogens is 327 g/mol. The number of halogens is 1. The summed E-state index contributed by atoms with van der Waals surface area (Å²) < 4.78 is 40.9. The van der Waals surface area contributed by atoms with Gasteiger partial charge in [-0.15, -0.1) is 11.3 Å². The van der Waals surface area contributed by atoms with E-state index in [1.807, 2.05) is 6.92 Å². The van der Waals surface area contributed by atoms with Crippen LogP contribution in [0, 0.1) is 5.82 Å². The highest BCUT2D eigenvalue weighted by molar-refractivity contribution is 7.87. The molecule has 0 unspecified atom stereocenters. The van der Waals surface area contributed by atoms with E-state index in [1.165, 1.54) is 21.7 Å². The fourth-order valence-corrected chi connectivity index (χ4v) is 4.60. The van der Waals surface area contributed by atoms with E-state index in [0.717, 1.165) is 11.1 Å². The quantitative estimate of drug-likeness (QED) is 0.905. The number of nitrogens with one attached hydrogen (secondary N) is 1. The number of aromatic nitrogens is 2. The van der Waals surface area contributed by atoms with Gasteiger partial charge in [0.1, 0.15) is 10.8 Å². The summed E-state index contributed by atoms with van der Waals surface area (Å²) in [7, 11) is -1.93. The summed E-state index contributed by atoms with van der Waals surface area (Å²) in [4.78, 5) is 9.09. The van der Waals surface area contributed by atoms with E-state index in [-0.39, 0.29) is 12.1 Å².